The first kappa shape index (κ1) is 22.5. The molecule has 0 saturated carbocycles. The van der Waals surface area contributed by atoms with E-state index in [4.69, 9.17) is 16.3 Å². The van der Waals surface area contributed by atoms with E-state index in [1.807, 2.05) is 12.1 Å². The predicted molar refractivity (Wildman–Crippen MR) is 125 cm³/mol. The number of methoxy groups -OCH3 is 1. The van der Waals surface area contributed by atoms with Crippen molar-refractivity contribution in [1.29, 1.82) is 0 Å². The first-order valence-corrected chi connectivity index (χ1v) is 10.6. The zero-order valence-corrected chi connectivity index (χ0v) is 18.8. The van der Waals surface area contributed by atoms with Crippen molar-refractivity contribution in [3.8, 4) is 5.75 Å². The second-order valence-corrected chi connectivity index (χ2v) is 7.99. The Morgan fingerprint density at radius 3 is 2.42 bits per heavy atom. The van der Waals surface area contributed by atoms with Crippen LogP contribution < -0.4 is 10.1 Å². The second kappa shape index (κ2) is 9.42. The topological polar surface area (TPSA) is 71.0 Å². The fourth-order valence-electron chi connectivity index (χ4n) is 3.72. The Morgan fingerprint density at radius 1 is 1.09 bits per heavy atom. The lowest BCUT2D eigenvalue weighted by Gasteiger charge is -2.20. The van der Waals surface area contributed by atoms with E-state index >= 15 is 0 Å². The number of nitrogens with zero attached hydrogens (tertiary/aromatic N) is 2. The lowest BCUT2D eigenvalue weighted by Crippen LogP contribution is -2.24. The zero-order valence-electron chi connectivity index (χ0n) is 18.0. The smallest absolute Gasteiger partial charge is 0.259 e. The van der Waals surface area contributed by atoms with Crippen LogP contribution in [0, 0.1) is 5.82 Å². The molecular formula is C25H21ClFN3O3. The molecule has 1 N–H and O–H groups in total. The minimum Gasteiger partial charge on any atom is -0.496 e. The van der Waals surface area contributed by atoms with Crippen molar-refractivity contribution in [2.75, 3.05) is 12.4 Å². The summed E-state index contributed by atoms with van der Waals surface area (Å²) in [7, 11) is 1.49. The lowest BCUT2D eigenvalue weighted by atomic mass is 9.98. The normalized spacial score (nSPS) is 15.2. The van der Waals surface area contributed by atoms with Crippen LogP contribution in [0.1, 0.15) is 40.9 Å². The van der Waals surface area contributed by atoms with Crippen LogP contribution in [0.25, 0.3) is 0 Å². The van der Waals surface area contributed by atoms with E-state index in [-0.39, 0.29) is 23.7 Å². The number of hydrogen-bond donors (Lipinski definition) is 1. The summed E-state index contributed by atoms with van der Waals surface area (Å²) in [4.78, 5) is 24.8. The van der Waals surface area contributed by atoms with E-state index < -0.39 is 0 Å². The average molecular weight is 466 g/mol. The van der Waals surface area contributed by atoms with Crippen LogP contribution in [0.15, 0.2) is 71.8 Å². The van der Waals surface area contributed by atoms with Crippen molar-refractivity contribution in [1.82, 2.24) is 5.01 Å². The zero-order chi connectivity index (χ0) is 23.5. The maximum Gasteiger partial charge on any atom is 0.259 e. The van der Waals surface area contributed by atoms with Gasteiger partial charge in [0.2, 0.25) is 5.91 Å². The number of ether oxygens (including phenoxy) is 1. The van der Waals surface area contributed by atoms with Gasteiger partial charge in [0, 0.05) is 24.1 Å². The highest BCUT2D eigenvalue weighted by Gasteiger charge is 2.31. The van der Waals surface area contributed by atoms with Crippen LogP contribution in [0.4, 0.5) is 10.1 Å². The van der Waals surface area contributed by atoms with Crippen LogP contribution >= 0.6 is 11.6 Å². The Bertz CT molecular complexity index is 1230. The third kappa shape index (κ3) is 4.88. The van der Waals surface area contributed by atoms with Gasteiger partial charge in [-0.15, -0.1) is 0 Å². The molecule has 1 aliphatic heterocycles. The maximum absolute atomic E-state index is 13.3. The van der Waals surface area contributed by atoms with Crippen molar-refractivity contribution < 1.29 is 18.7 Å². The fraction of sp³-hybridized carbons (Fsp3) is 0.160. The number of carbonyl (C=O) groups is 2. The van der Waals surface area contributed by atoms with E-state index in [0.29, 0.717) is 28.4 Å². The summed E-state index contributed by atoms with van der Waals surface area (Å²) in [5.74, 6) is -0.455. The number of amides is 2. The van der Waals surface area contributed by atoms with Gasteiger partial charge in [-0.25, -0.2) is 9.40 Å². The molecule has 3 aromatic rings. The molecule has 6 nitrogen and oxygen atoms in total. The molecule has 0 radical (unpaired) electrons. The van der Waals surface area contributed by atoms with Crippen molar-refractivity contribution in [2.45, 2.75) is 19.4 Å². The Hall–Kier alpha value is -3.71. The number of hydrogen-bond acceptors (Lipinski definition) is 4. The SMILES string of the molecule is COc1ccc(Cl)cc1C(=O)Nc1ccc(C2=NN(C(C)=O)C(c3ccc(F)cc3)C2)cc1. The highest BCUT2D eigenvalue weighted by Crippen LogP contribution is 2.33. The molecule has 168 valence electrons. The van der Waals surface area contributed by atoms with E-state index in [0.717, 1.165) is 16.8 Å². The molecule has 1 unspecified atom stereocenters. The molecule has 1 heterocycles. The average Bonchev–Trinajstić information content (AvgIpc) is 3.26. The standard InChI is InChI=1S/C25H21ClFN3O3/c1-15(31)30-23(17-3-8-19(27)9-4-17)14-22(29-30)16-5-10-20(11-6-16)28-25(32)21-13-18(26)7-12-24(21)33-2/h3-13,23H,14H2,1-2H3,(H,28,32). The van der Waals surface area contributed by atoms with Gasteiger partial charge in [-0.05, 0) is 53.6 Å². The molecule has 4 rings (SSSR count). The summed E-state index contributed by atoms with van der Waals surface area (Å²) >= 11 is 6.02. The number of halogens is 2. The number of hydrazone groups is 1. The van der Waals surface area contributed by atoms with Crippen LogP contribution in [-0.4, -0.2) is 29.6 Å². The number of anilines is 1. The lowest BCUT2D eigenvalue weighted by molar-refractivity contribution is -0.130. The number of rotatable bonds is 5. The maximum atomic E-state index is 13.3. The fourth-order valence-corrected chi connectivity index (χ4v) is 3.89. The molecule has 0 spiro atoms. The van der Waals surface area contributed by atoms with Gasteiger partial charge in [0.15, 0.2) is 0 Å². The summed E-state index contributed by atoms with van der Waals surface area (Å²) < 4.78 is 18.6. The van der Waals surface area contributed by atoms with Gasteiger partial charge >= 0.3 is 0 Å². The Morgan fingerprint density at radius 2 is 1.79 bits per heavy atom. The molecule has 0 fully saturated rings. The third-order valence-corrected chi connectivity index (χ3v) is 5.61. The van der Waals surface area contributed by atoms with Gasteiger partial charge in [-0.2, -0.15) is 5.10 Å². The molecule has 0 saturated heterocycles. The molecule has 33 heavy (non-hydrogen) atoms. The van der Waals surface area contributed by atoms with Crippen molar-refractivity contribution in [3.63, 3.8) is 0 Å². The van der Waals surface area contributed by atoms with E-state index in [1.54, 1.807) is 42.5 Å². The highest BCUT2D eigenvalue weighted by molar-refractivity contribution is 6.31. The first-order valence-electron chi connectivity index (χ1n) is 10.2. The third-order valence-electron chi connectivity index (χ3n) is 5.37. The largest absolute Gasteiger partial charge is 0.496 e. The molecule has 1 aliphatic rings. The first-order chi connectivity index (χ1) is 15.9. The van der Waals surface area contributed by atoms with E-state index in [9.17, 15) is 14.0 Å². The molecule has 2 amide bonds. The monoisotopic (exact) mass is 465 g/mol. The molecule has 0 aliphatic carbocycles. The molecule has 8 heteroatoms. The molecule has 0 aromatic heterocycles. The van der Waals surface area contributed by atoms with Gasteiger partial charge in [0.25, 0.3) is 5.91 Å². The quantitative estimate of drug-likeness (QED) is 0.545. The van der Waals surface area contributed by atoms with E-state index in [1.165, 1.54) is 31.2 Å². The summed E-state index contributed by atoms with van der Waals surface area (Å²) in [6, 6.07) is 17.8. The molecule has 1 atom stereocenters. The van der Waals surface area contributed by atoms with Crippen LogP contribution in [-0.2, 0) is 4.79 Å². The minimum absolute atomic E-state index is 0.196. The van der Waals surface area contributed by atoms with Gasteiger partial charge in [-0.3, -0.25) is 9.59 Å². The Labute approximate surface area is 195 Å². The van der Waals surface area contributed by atoms with Crippen LogP contribution in [0.3, 0.4) is 0 Å². The highest BCUT2D eigenvalue weighted by atomic mass is 35.5. The van der Waals surface area contributed by atoms with Crippen LogP contribution in [0.5, 0.6) is 5.75 Å². The molecule has 0 bridgehead atoms. The Balaban J connectivity index is 1.51. The summed E-state index contributed by atoms with van der Waals surface area (Å²) in [5, 5.41) is 9.18. The second-order valence-electron chi connectivity index (χ2n) is 7.56. The summed E-state index contributed by atoms with van der Waals surface area (Å²) in [6.45, 7) is 1.45. The molecular weight excluding hydrogens is 445 g/mol. The Kier molecular flexibility index (Phi) is 6.42. The van der Waals surface area contributed by atoms with E-state index in [2.05, 4.69) is 10.4 Å². The van der Waals surface area contributed by atoms with Crippen molar-refractivity contribution in [3.05, 3.63) is 94.3 Å². The van der Waals surface area contributed by atoms with Gasteiger partial charge in [0.05, 0.1) is 24.4 Å². The summed E-state index contributed by atoms with van der Waals surface area (Å²) in [6.07, 6.45) is 0.497. The minimum atomic E-state index is -0.348. The van der Waals surface area contributed by atoms with Gasteiger partial charge in [-0.1, -0.05) is 35.9 Å². The predicted octanol–water partition coefficient (Wildman–Crippen LogP) is 5.44. The van der Waals surface area contributed by atoms with Gasteiger partial charge in [0.1, 0.15) is 11.6 Å². The number of benzene rings is 3. The number of carbonyl (C=O) groups excluding carboxylic acids is 2. The van der Waals surface area contributed by atoms with Crippen molar-refractivity contribution in [2.24, 2.45) is 5.10 Å². The molecule has 3 aromatic carbocycles. The summed E-state index contributed by atoms with van der Waals surface area (Å²) in [5.41, 5.74) is 3.28. The van der Waals surface area contributed by atoms with Crippen molar-refractivity contribution >= 4 is 34.8 Å². The van der Waals surface area contributed by atoms with Crippen LogP contribution in [0.2, 0.25) is 5.02 Å². The number of nitrogens with one attached hydrogen (secondary N) is 1. The van der Waals surface area contributed by atoms with Gasteiger partial charge < -0.3 is 10.1 Å².